The van der Waals surface area contributed by atoms with Crippen LogP contribution in [0.15, 0.2) is 49.2 Å². The predicted octanol–water partition coefficient (Wildman–Crippen LogP) is 5.02. The van der Waals surface area contributed by atoms with Crippen LogP contribution in [0.2, 0.25) is 19.6 Å². The van der Waals surface area contributed by atoms with E-state index in [-0.39, 0.29) is 6.10 Å². The largest absolute Gasteiger partial charge is 0.409 e. The summed E-state index contributed by atoms with van der Waals surface area (Å²) in [5.41, 5.74) is 2.37. The van der Waals surface area contributed by atoms with Crippen LogP contribution in [-0.2, 0) is 4.43 Å². The molecule has 4 heteroatoms. The van der Waals surface area contributed by atoms with Gasteiger partial charge in [0.15, 0.2) is 8.32 Å². The lowest BCUT2D eigenvalue weighted by Gasteiger charge is -2.52. The third kappa shape index (κ3) is 3.38. The van der Waals surface area contributed by atoms with Crippen molar-refractivity contribution in [1.29, 1.82) is 0 Å². The summed E-state index contributed by atoms with van der Waals surface area (Å²) in [7, 11) is -1.69. The molecule has 3 fully saturated rings. The molecule has 5 rings (SSSR count). The van der Waals surface area contributed by atoms with Crippen LogP contribution in [0, 0.1) is 11.8 Å². The number of piperidine rings is 3. The van der Waals surface area contributed by atoms with Crippen LogP contribution in [0.1, 0.15) is 24.5 Å². The van der Waals surface area contributed by atoms with Gasteiger partial charge in [-0.2, -0.15) is 0 Å². The van der Waals surface area contributed by atoms with E-state index < -0.39 is 8.32 Å². The number of pyridine rings is 1. The van der Waals surface area contributed by atoms with Crippen molar-refractivity contribution < 1.29 is 4.43 Å². The molecule has 3 saturated heterocycles. The lowest BCUT2D eigenvalue weighted by atomic mass is 9.73. The van der Waals surface area contributed by atoms with E-state index in [4.69, 9.17) is 4.43 Å². The van der Waals surface area contributed by atoms with Crippen LogP contribution in [-0.4, -0.2) is 37.3 Å². The van der Waals surface area contributed by atoms with Crippen molar-refractivity contribution in [3.05, 3.63) is 54.7 Å². The molecule has 3 nitrogen and oxygen atoms in total. The minimum atomic E-state index is -1.69. The quantitative estimate of drug-likeness (QED) is 0.548. The predicted molar refractivity (Wildman–Crippen MR) is 111 cm³/mol. The zero-order valence-electron chi connectivity index (χ0n) is 16.2. The molecule has 0 N–H and O–H groups in total. The van der Waals surface area contributed by atoms with Gasteiger partial charge in [-0.15, -0.1) is 6.58 Å². The van der Waals surface area contributed by atoms with Gasteiger partial charge in [0, 0.05) is 24.2 Å². The Bertz CT molecular complexity index is 795. The number of nitrogens with zero attached hydrogens (tertiary/aromatic N) is 2. The van der Waals surface area contributed by atoms with Gasteiger partial charge >= 0.3 is 0 Å². The van der Waals surface area contributed by atoms with Crippen LogP contribution >= 0.6 is 0 Å². The Morgan fingerprint density at radius 1 is 1.27 bits per heavy atom. The summed E-state index contributed by atoms with van der Waals surface area (Å²) in [5.74, 6) is 1.39. The minimum Gasteiger partial charge on any atom is -0.409 e. The first kappa shape index (κ1) is 17.9. The van der Waals surface area contributed by atoms with Crippen LogP contribution in [0.4, 0.5) is 0 Å². The fraction of sp³-hybridized carbons (Fsp3) is 0.500. The second kappa shape index (κ2) is 6.91. The highest BCUT2D eigenvalue weighted by Gasteiger charge is 2.44. The maximum absolute atomic E-state index is 6.84. The highest BCUT2D eigenvalue weighted by atomic mass is 28.4. The Morgan fingerprint density at radius 3 is 2.77 bits per heavy atom. The van der Waals surface area contributed by atoms with E-state index in [0.29, 0.717) is 12.0 Å². The molecule has 0 radical (unpaired) electrons. The summed E-state index contributed by atoms with van der Waals surface area (Å²) >= 11 is 0. The lowest BCUT2D eigenvalue weighted by Crippen LogP contribution is -2.56. The number of rotatable bonds is 5. The number of fused-ring (bicyclic) bond motifs is 4. The molecule has 1 aromatic heterocycles. The molecule has 0 aliphatic carbocycles. The smallest absolute Gasteiger partial charge is 0.184 e. The Labute approximate surface area is 158 Å². The van der Waals surface area contributed by atoms with Crippen molar-refractivity contribution in [2.75, 3.05) is 13.1 Å². The van der Waals surface area contributed by atoms with E-state index in [1.807, 2.05) is 6.20 Å². The molecule has 3 aliphatic heterocycles. The third-order valence-corrected chi connectivity index (χ3v) is 6.93. The second-order valence-corrected chi connectivity index (χ2v) is 13.3. The Hall–Kier alpha value is -1.49. The lowest BCUT2D eigenvalue weighted by molar-refractivity contribution is -0.0381. The van der Waals surface area contributed by atoms with Crippen LogP contribution < -0.4 is 0 Å². The van der Waals surface area contributed by atoms with E-state index in [2.05, 4.69) is 72.5 Å². The van der Waals surface area contributed by atoms with Crippen molar-refractivity contribution in [1.82, 2.24) is 9.88 Å². The van der Waals surface area contributed by atoms with Crippen LogP contribution in [0.3, 0.4) is 0 Å². The van der Waals surface area contributed by atoms with E-state index in [0.717, 1.165) is 18.0 Å². The van der Waals surface area contributed by atoms with Crippen molar-refractivity contribution in [3.8, 4) is 0 Å². The standard InChI is InChI=1S/C22H30N2OSi/c1-5-16-15-24-13-11-17(16)14-21(24)22(25-26(2,3)4)19-10-12-23-20-9-7-6-8-18(19)20/h5-10,12,16-17,21-22H,1,11,13-15H2,2-4H3. The van der Waals surface area contributed by atoms with Crippen LogP contribution in [0.25, 0.3) is 10.9 Å². The zero-order valence-corrected chi connectivity index (χ0v) is 17.2. The molecule has 4 heterocycles. The first-order chi connectivity index (χ1) is 12.5. The van der Waals surface area contributed by atoms with Crippen molar-refractivity contribution in [2.45, 2.75) is 44.6 Å². The molecule has 2 bridgehead atoms. The summed E-state index contributed by atoms with van der Waals surface area (Å²) in [5, 5.41) is 1.24. The van der Waals surface area contributed by atoms with Gasteiger partial charge in [0.2, 0.25) is 0 Å². The van der Waals surface area contributed by atoms with Gasteiger partial charge in [-0.05, 0) is 68.6 Å². The number of hydrogen-bond acceptors (Lipinski definition) is 3. The second-order valence-electron chi connectivity index (χ2n) is 8.81. The molecule has 5 atom stereocenters. The van der Waals surface area contributed by atoms with Gasteiger partial charge in [0.05, 0.1) is 11.6 Å². The van der Waals surface area contributed by atoms with Crippen molar-refractivity contribution >= 4 is 19.2 Å². The number of aromatic nitrogens is 1. The fourth-order valence-corrected chi connectivity index (χ4v) is 5.83. The molecule has 0 amide bonds. The van der Waals surface area contributed by atoms with E-state index in [1.54, 1.807) is 0 Å². The molecule has 138 valence electrons. The minimum absolute atomic E-state index is 0.128. The Balaban J connectivity index is 1.75. The van der Waals surface area contributed by atoms with Gasteiger partial charge in [-0.25, -0.2) is 0 Å². The number of para-hydroxylation sites is 1. The monoisotopic (exact) mass is 366 g/mol. The molecule has 5 unspecified atom stereocenters. The highest BCUT2D eigenvalue weighted by Crippen LogP contribution is 2.44. The van der Waals surface area contributed by atoms with Crippen LogP contribution in [0.5, 0.6) is 0 Å². The topological polar surface area (TPSA) is 25.4 Å². The molecule has 1 aromatic carbocycles. The first-order valence-electron chi connectivity index (χ1n) is 9.84. The van der Waals surface area contributed by atoms with Gasteiger partial charge in [-0.1, -0.05) is 24.3 Å². The Morgan fingerprint density at radius 2 is 2.08 bits per heavy atom. The molecule has 0 spiro atoms. The molecule has 2 aromatic rings. The van der Waals surface area contributed by atoms with Gasteiger partial charge in [0.1, 0.15) is 0 Å². The fourth-order valence-electron chi connectivity index (χ4n) is 4.79. The summed E-state index contributed by atoms with van der Waals surface area (Å²) in [6, 6.07) is 11.1. The maximum Gasteiger partial charge on any atom is 0.184 e. The highest BCUT2D eigenvalue weighted by molar-refractivity contribution is 6.69. The van der Waals surface area contributed by atoms with Gasteiger partial charge < -0.3 is 4.43 Å². The molecule has 26 heavy (non-hydrogen) atoms. The average molecular weight is 367 g/mol. The third-order valence-electron chi connectivity index (χ3n) is 5.97. The van der Waals surface area contributed by atoms with Gasteiger partial charge in [0.25, 0.3) is 0 Å². The van der Waals surface area contributed by atoms with Crippen molar-refractivity contribution in [3.63, 3.8) is 0 Å². The van der Waals surface area contributed by atoms with E-state index in [1.165, 1.54) is 30.3 Å². The average Bonchev–Trinajstić information content (AvgIpc) is 2.65. The molecular weight excluding hydrogens is 336 g/mol. The molecule has 3 aliphatic rings. The maximum atomic E-state index is 6.84. The Kier molecular flexibility index (Phi) is 4.76. The summed E-state index contributed by atoms with van der Waals surface area (Å²) in [4.78, 5) is 7.23. The van der Waals surface area contributed by atoms with E-state index >= 15 is 0 Å². The number of hydrogen-bond donors (Lipinski definition) is 0. The summed E-state index contributed by atoms with van der Waals surface area (Å²) in [6.07, 6.45) is 6.75. The summed E-state index contributed by atoms with van der Waals surface area (Å²) < 4.78 is 6.84. The van der Waals surface area contributed by atoms with Crippen molar-refractivity contribution in [2.24, 2.45) is 11.8 Å². The number of benzene rings is 1. The zero-order chi connectivity index (χ0) is 18.3. The SMILES string of the molecule is C=CC1CN2CCC1CC2C(O[Si](C)(C)C)c1ccnc2ccccc12. The molecular formula is C22H30N2OSi. The van der Waals surface area contributed by atoms with E-state index in [9.17, 15) is 0 Å². The summed E-state index contributed by atoms with van der Waals surface area (Å²) in [6.45, 7) is 13.3. The molecule has 0 saturated carbocycles. The normalized spacial score (nSPS) is 29.7. The first-order valence-corrected chi connectivity index (χ1v) is 13.2. The van der Waals surface area contributed by atoms with Gasteiger partial charge in [-0.3, -0.25) is 9.88 Å².